The SMILES string of the molecule is CC(C)(C)c1cc(Cl)cc(CO)c1OC(F)F. The number of hydrogen-bond acceptors (Lipinski definition) is 2. The zero-order valence-electron chi connectivity index (χ0n) is 9.93. The van der Waals surface area contributed by atoms with Crippen molar-refractivity contribution in [3.05, 3.63) is 28.3 Å². The molecule has 0 heterocycles. The van der Waals surface area contributed by atoms with Gasteiger partial charge in [-0.2, -0.15) is 8.78 Å². The second kappa shape index (κ2) is 5.19. The standard InChI is InChI=1S/C12H15ClF2O2/c1-12(2,3)9-5-8(13)4-7(6-16)10(9)17-11(14)15/h4-5,11,16H,6H2,1-3H3. The van der Waals surface area contributed by atoms with Gasteiger partial charge in [0.1, 0.15) is 5.75 Å². The third kappa shape index (κ3) is 3.54. The molecule has 1 rings (SSSR count). The molecule has 0 radical (unpaired) electrons. The quantitative estimate of drug-likeness (QED) is 0.901. The van der Waals surface area contributed by atoms with Crippen molar-refractivity contribution in [2.75, 3.05) is 0 Å². The summed E-state index contributed by atoms with van der Waals surface area (Å²) in [5.41, 5.74) is 0.413. The molecule has 96 valence electrons. The summed E-state index contributed by atoms with van der Waals surface area (Å²) in [5, 5.41) is 9.55. The number of ether oxygens (including phenoxy) is 1. The number of hydrogen-bond donors (Lipinski definition) is 1. The number of rotatable bonds is 3. The minimum absolute atomic E-state index is 0.0133. The van der Waals surface area contributed by atoms with Gasteiger partial charge in [0.25, 0.3) is 0 Å². The fraction of sp³-hybridized carbons (Fsp3) is 0.500. The lowest BCUT2D eigenvalue weighted by atomic mass is 9.85. The fourth-order valence-electron chi connectivity index (χ4n) is 1.55. The molecular weight excluding hydrogens is 250 g/mol. The molecule has 17 heavy (non-hydrogen) atoms. The molecule has 2 nitrogen and oxygen atoms in total. The number of aliphatic hydroxyl groups excluding tert-OH is 1. The summed E-state index contributed by atoms with van der Waals surface area (Å²) in [6, 6.07) is 3.01. The maximum atomic E-state index is 12.4. The van der Waals surface area contributed by atoms with Gasteiger partial charge in [0.05, 0.1) is 6.61 Å². The fourth-order valence-corrected chi connectivity index (χ4v) is 1.79. The van der Waals surface area contributed by atoms with Gasteiger partial charge in [-0.1, -0.05) is 32.4 Å². The van der Waals surface area contributed by atoms with E-state index in [1.54, 1.807) is 6.07 Å². The summed E-state index contributed by atoms with van der Waals surface area (Å²) in [4.78, 5) is 0. The predicted octanol–water partition coefficient (Wildman–Crippen LogP) is 3.73. The Morgan fingerprint density at radius 1 is 1.35 bits per heavy atom. The highest BCUT2D eigenvalue weighted by Gasteiger charge is 2.24. The monoisotopic (exact) mass is 264 g/mol. The van der Waals surface area contributed by atoms with Crippen LogP contribution in [0.2, 0.25) is 5.02 Å². The highest BCUT2D eigenvalue weighted by molar-refractivity contribution is 6.30. The molecule has 0 spiro atoms. The Kier molecular flexibility index (Phi) is 4.33. The Bertz CT molecular complexity index is 400. The van der Waals surface area contributed by atoms with Crippen LogP contribution in [0, 0.1) is 0 Å². The van der Waals surface area contributed by atoms with E-state index in [-0.39, 0.29) is 11.3 Å². The topological polar surface area (TPSA) is 29.5 Å². The van der Waals surface area contributed by atoms with Crippen molar-refractivity contribution in [3.63, 3.8) is 0 Å². The molecule has 0 saturated carbocycles. The molecule has 0 atom stereocenters. The Labute approximate surface area is 104 Å². The van der Waals surface area contributed by atoms with Crippen molar-refractivity contribution >= 4 is 11.6 Å². The molecular formula is C12H15ClF2O2. The first-order valence-electron chi connectivity index (χ1n) is 5.14. The molecule has 1 aromatic carbocycles. The summed E-state index contributed by atoms with van der Waals surface area (Å²) >= 11 is 5.89. The number of aliphatic hydroxyl groups is 1. The minimum atomic E-state index is -2.93. The van der Waals surface area contributed by atoms with E-state index in [2.05, 4.69) is 4.74 Å². The van der Waals surface area contributed by atoms with Crippen molar-refractivity contribution in [2.24, 2.45) is 0 Å². The molecule has 0 aliphatic rings. The average molecular weight is 265 g/mol. The van der Waals surface area contributed by atoms with Gasteiger partial charge in [-0.25, -0.2) is 0 Å². The molecule has 0 aliphatic heterocycles. The van der Waals surface area contributed by atoms with Gasteiger partial charge in [-0.05, 0) is 17.5 Å². The zero-order valence-corrected chi connectivity index (χ0v) is 10.7. The maximum Gasteiger partial charge on any atom is 0.387 e. The van der Waals surface area contributed by atoms with Crippen LogP contribution in [0.5, 0.6) is 5.75 Å². The first-order valence-corrected chi connectivity index (χ1v) is 5.52. The third-order valence-electron chi connectivity index (χ3n) is 2.32. The van der Waals surface area contributed by atoms with Gasteiger partial charge in [-0.3, -0.25) is 0 Å². The van der Waals surface area contributed by atoms with Crippen molar-refractivity contribution in [1.82, 2.24) is 0 Å². The van der Waals surface area contributed by atoms with Crippen LogP contribution < -0.4 is 4.74 Å². The Hall–Kier alpha value is -0.870. The van der Waals surface area contributed by atoms with Crippen molar-refractivity contribution in [1.29, 1.82) is 0 Å². The van der Waals surface area contributed by atoms with E-state index in [1.165, 1.54) is 6.07 Å². The Morgan fingerprint density at radius 3 is 2.35 bits per heavy atom. The summed E-state index contributed by atoms with van der Waals surface area (Å²) < 4.78 is 29.2. The molecule has 5 heteroatoms. The zero-order chi connectivity index (χ0) is 13.2. The van der Waals surface area contributed by atoms with Crippen molar-refractivity contribution < 1.29 is 18.6 Å². The van der Waals surface area contributed by atoms with E-state index >= 15 is 0 Å². The summed E-state index contributed by atoms with van der Waals surface area (Å²) in [7, 11) is 0. The number of benzene rings is 1. The molecule has 0 fully saturated rings. The first kappa shape index (κ1) is 14.2. The van der Waals surface area contributed by atoms with Crippen LogP contribution in [0.25, 0.3) is 0 Å². The van der Waals surface area contributed by atoms with Crippen LogP contribution in [-0.4, -0.2) is 11.7 Å². The Balaban J connectivity index is 3.39. The highest BCUT2D eigenvalue weighted by atomic mass is 35.5. The average Bonchev–Trinajstić information content (AvgIpc) is 2.17. The molecule has 0 bridgehead atoms. The van der Waals surface area contributed by atoms with Gasteiger partial charge in [0, 0.05) is 16.1 Å². The molecule has 0 unspecified atom stereocenters. The van der Waals surface area contributed by atoms with E-state index in [0.29, 0.717) is 10.6 Å². The van der Waals surface area contributed by atoms with Crippen LogP contribution in [0.3, 0.4) is 0 Å². The molecule has 1 aromatic rings. The van der Waals surface area contributed by atoms with Crippen LogP contribution in [-0.2, 0) is 12.0 Å². The van der Waals surface area contributed by atoms with E-state index in [0.717, 1.165) is 0 Å². The van der Waals surface area contributed by atoms with E-state index in [9.17, 15) is 8.78 Å². The van der Waals surface area contributed by atoms with E-state index < -0.39 is 18.6 Å². The van der Waals surface area contributed by atoms with Gasteiger partial charge in [0.2, 0.25) is 0 Å². The largest absolute Gasteiger partial charge is 0.434 e. The summed E-state index contributed by atoms with van der Waals surface area (Å²) in [6.45, 7) is 2.25. The Morgan fingerprint density at radius 2 is 1.94 bits per heavy atom. The molecule has 0 saturated heterocycles. The van der Waals surface area contributed by atoms with Gasteiger partial charge >= 0.3 is 6.61 Å². The minimum Gasteiger partial charge on any atom is -0.434 e. The lowest BCUT2D eigenvalue weighted by molar-refractivity contribution is -0.0519. The van der Waals surface area contributed by atoms with Crippen molar-refractivity contribution in [3.8, 4) is 5.75 Å². The molecule has 0 aromatic heterocycles. The lowest BCUT2D eigenvalue weighted by Crippen LogP contribution is -2.16. The van der Waals surface area contributed by atoms with Crippen LogP contribution in [0.4, 0.5) is 8.78 Å². The normalized spacial score (nSPS) is 12.0. The first-order chi connectivity index (χ1) is 7.75. The smallest absolute Gasteiger partial charge is 0.387 e. The van der Waals surface area contributed by atoms with Gasteiger partial charge in [-0.15, -0.1) is 0 Å². The second-order valence-electron chi connectivity index (χ2n) is 4.73. The van der Waals surface area contributed by atoms with Crippen molar-refractivity contribution in [2.45, 2.75) is 39.4 Å². The van der Waals surface area contributed by atoms with Gasteiger partial charge < -0.3 is 9.84 Å². The van der Waals surface area contributed by atoms with Crippen LogP contribution in [0.15, 0.2) is 12.1 Å². The molecule has 1 N–H and O–H groups in total. The van der Waals surface area contributed by atoms with Crippen LogP contribution in [0.1, 0.15) is 31.9 Å². The summed E-state index contributed by atoms with van der Waals surface area (Å²) in [6.07, 6.45) is 0. The highest BCUT2D eigenvalue weighted by Crippen LogP contribution is 2.37. The molecule has 0 amide bonds. The molecule has 0 aliphatic carbocycles. The maximum absolute atomic E-state index is 12.4. The third-order valence-corrected chi connectivity index (χ3v) is 2.53. The van der Waals surface area contributed by atoms with E-state index in [1.807, 2.05) is 20.8 Å². The number of alkyl halides is 2. The second-order valence-corrected chi connectivity index (χ2v) is 5.16. The predicted molar refractivity (Wildman–Crippen MR) is 62.7 cm³/mol. The van der Waals surface area contributed by atoms with Gasteiger partial charge in [0.15, 0.2) is 0 Å². The lowest BCUT2D eigenvalue weighted by Gasteiger charge is -2.24. The summed E-state index contributed by atoms with van der Waals surface area (Å²) in [5.74, 6) is 0.0133. The van der Waals surface area contributed by atoms with Crippen LogP contribution >= 0.6 is 11.6 Å². The number of halogens is 3. The van der Waals surface area contributed by atoms with E-state index in [4.69, 9.17) is 16.7 Å².